The van der Waals surface area contributed by atoms with E-state index in [1.807, 2.05) is 6.92 Å². The number of rotatable bonds is 14. The van der Waals surface area contributed by atoms with Gasteiger partial charge in [0.15, 0.2) is 33.7 Å². The number of phenolic OH excluding ortho intramolecular Hbond substituents is 2. The van der Waals surface area contributed by atoms with Crippen LogP contribution < -0.4 is 50.8 Å². The number of halogens is 1. The van der Waals surface area contributed by atoms with Gasteiger partial charge in [0, 0.05) is 41.0 Å². The molecular formula is C32H36ClN6NaO10S2. The zero-order valence-electron chi connectivity index (χ0n) is 28.8. The van der Waals surface area contributed by atoms with E-state index in [2.05, 4.69) is 15.5 Å². The summed E-state index contributed by atoms with van der Waals surface area (Å²) >= 11 is 8.26. The van der Waals surface area contributed by atoms with Crippen molar-refractivity contribution in [3.8, 4) is 11.5 Å². The quantitative estimate of drug-likeness (QED) is 0.0372. The number of hydrogen-bond acceptors (Lipinski definition) is 15. The van der Waals surface area contributed by atoms with Crippen LogP contribution in [0.25, 0.3) is 0 Å². The zero-order valence-corrected chi connectivity index (χ0v) is 33.2. The fourth-order valence-electron chi connectivity index (χ4n) is 6.36. The first-order valence-electron chi connectivity index (χ1n) is 15.9. The van der Waals surface area contributed by atoms with Gasteiger partial charge in [-0.05, 0) is 32.9 Å². The minimum atomic E-state index is -1.89. The Labute approximate surface area is 333 Å². The molecule has 0 radical (unpaired) electrons. The summed E-state index contributed by atoms with van der Waals surface area (Å²) in [6.07, 6.45) is 1.36. The third-order valence-corrected chi connectivity index (χ3v) is 11.7. The molecule has 5 N–H and O–H groups in total. The molecule has 16 nitrogen and oxygen atoms in total. The number of carbonyl (C=O) groups is 5. The Kier molecular flexibility index (Phi) is 13.0. The summed E-state index contributed by atoms with van der Waals surface area (Å²) in [5.41, 5.74) is 3.87. The molecule has 5 rings (SSSR count). The number of anilines is 1. The molecule has 0 spiro atoms. The van der Waals surface area contributed by atoms with Crippen molar-refractivity contribution < 1.29 is 83.3 Å². The molecule has 1 aromatic heterocycles. The van der Waals surface area contributed by atoms with Crippen molar-refractivity contribution in [1.29, 1.82) is 0 Å². The van der Waals surface area contributed by atoms with Crippen LogP contribution in [0.3, 0.4) is 0 Å². The van der Waals surface area contributed by atoms with E-state index in [-0.39, 0.29) is 87.1 Å². The van der Waals surface area contributed by atoms with E-state index >= 15 is 0 Å². The average molecular weight is 787 g/mol. The number of carboxylic acid groups (broad SMARTS) is 2. The standard InChI is InChI=1S/C32H37ClN6O10S2.Na/c1-15-18(13-39(7-4-5-8-39)9-6-35-26(43)16-10-19(33)25(42)22(41)11-16)24(29(45)46)38-27(44)17(28(38)51-15)12-21(40)23(20-14-50-31(34)36-20)37-49-32(2,3)30(47)48;/h10-11,14-15,17,28H,4-9,12-13H2,1-3H3,(H6-,34,35,36,37,40,41,42,43,45,46,47,48);/q;+1/p-1/t15-,17+,28+;/m0./s1. The number of nitrogen functional groups attached to an aromatic ring is 1. The fraction of sp³-hybridized carbons (Fsp3) is 0.469. The van der Waals surface area contributed by atoms with E-state index in [0.717, 1.165) is 35.1 Å². The number of likely N-dealkylation sites (tertiary alicyclic amines) is 1. The van der Waals surface area contributed by atoms with Crippen LogP contribution in [0.15, 0.2) is 33.9 Å². The van der Waals surface area contributed by atoms with Crippen molar-refractivity contribution in [1.82, 2.24) is 15.2 Å². The number of ketones is 1. The molecule has 52 heavy (non-hydrogen) atoms. The Morgan fingerprint density at radius 1 is 1.21 bits per heavy atom. The van der Waals surface area contributed by atoms with Crippen molar-refractivity contribution in [2.24, 2.45) is 11.1 Å². The normalized spacial score (nSPS) is 21.2. The summed E-state index contributed by atoms with van der Waals surface area (Å²) in [6.45, 7) is 6.56. The Balaban J connectivity index is 0.00000605. The average Bonchev–Trinajstić information content (AvgIpc) is 3.71. The predicted octanol–water partition coefficient (Wildman–Crippen LogP) is -3.03. The Hall–Kier alpha value is -3.39. The number of aromatic nitrogens is 1. The van der Waals surface area contributed by atoms with Crippen molar-refractivity contribution in [2.75, 3.05) is 38.5 Å². The molecule has 2 aromatic rings. The number of thioether (sulfide) groups is 1. The summed E-state index contributed by atoms with van der Waals surface area (Å²) < 4.78 is 0.451. The molecule has 2 fully saturated rings. The first kappa shape index (κ1) is 41.4. The third-order valence-electron chi connectivity index (χ3n) is 9.21. The summed E-state index contributed by atoms with van der Waals surface area (Å²) in [4.78, 5) is 74.4. The van der Waals surface area contributed by atoms with Gasteiger partial charge in [-0.3, -0.25) is 19.3 Å². The number of β-lactam (4-membered cyclic amide) rings is 1. The molecule has 20 heteroatoms. The number of amides is 2. The first-order chi connectivity index (χ1) is 23.9. The van der Waals surface area contributed by atoms with Crippen LogP contribution in [0.1, 0.15) is 56.1 Å². The Bertz CT molecular complexity index is 1820. The van der Waals surface area contributed by atoms with Crippen molar-refractivity contribution in [3.63, 3.8) is 0 Å². The number of carbonyl (C=O) groups excluding carboxylic acids is 5. The molecule has 3 aliphatic rings. The largest absolute Gasteiger partial charge is 1.00 e. The van der Waals surface area contributed by atoms with E-state index in [4.69, 9.17) is 22.2 Å². The second-order valence-corrected chi connectivity index (χ2v) is 15.9. The molecule has 0 saturated carbocycles. The Morgan fingerprint density at radius 2 is 1.88 bits per heavy atom. The molecule has 0 aliphatic carbocycles. The van der Waals surface area contributed by atoms with Crippen LogP contribution in [0.2, 0.25) is 5.02 Å². The van der Waals surface area contributed by atoms with Gasteiger partial charge >= 0.3 is 29.6 Å². The number of carboxylic acids is 2. The third kappa shape index (κ3) is 8.53. The molecular weight excluding hydrogens is 751 g/mol. The van der Waals surface area contributed by atoms with E-state index < -0.39 is 57.9 Å². The van der Waals surface area contributed by atoms with Gasteiger partial charge in [-0.2, -0.15) is 0 Å². The summed E-state index contributed by atoms with van der Waals surface area (Å²) in [7, 11) is 0. The van der Waals surface area contributed by atoms with Crippen LogP contribution in [-0.4, -0.2) is 109 Å². The molecule has 0 unspecified atom stereocenters. The van der Waals surface area contributed by atoms with E-state index in [1.54, 1.807) is 0 Å². The van der Waals surface area contributed by atoms with Crippen molar-refractivity contribution in [3.05, 3.63) is 45.1 Å². The van der Waals surface area contributed by atoms with Gasteiger partial charge in [-0.1, -0.05) is 16.8 Å². The van der Waals surface area contributed by atoms with E-state index in [0.29, 0.717) is 29.7 Å². The number of benzene rings is 1. The van der Waals surface area contributed by atoms with Gasteiger partial charge in [0.2, 0.25) is 5.91 Å². The number of Topliss-reactive ketones (excluding diaryl/α,β-unsaturated/α-hetero) is 1. The van der Waals surface area contributed by atoms with Crippen LogP contribution in [0.4, 0.5) is 5.13 Å². The number of oxime groups is 1. The minimum absolute atomic E-state index is 0. The Morgan fingerprint density at radius 3 is 2.46 bits per heavy atom. The number of aromatic hydroxyl groups is 2. The molecule has 274 valence electrons. The van der Waals surface area contributed by atoms with Gasteiger partial charge < -0.3 is 50.4 Å². The van der Waals surface area contributed by atoms with Gasteiger partial charge in [-0.15, -0.1) is 23.1 Å². The van der Waals surface area contributed by atoms with Crippen LogP contribution >= 0.6 is 34.7 Å². The number of quaternary nitrogens is 1. The summed E-state index contributed by atoms with van der Waals surface area (Å²) in [5, 5.41) is 50.5. The fourth-order valence-corrected chi connectivity index (χ4v) is 8.62. The van der Waals surface area contributed by atoms with Crippen molar-refractivity contribution >= 4 is 75.1 Å². The number of phenols is 2. The second-order valence-electron chi connectivity index (χ2n) is 13.1. The van der Waals surface area contributed by atoms with E-state index in [9.17, 15) is 44.4 Å². The molecule has 1 aromatic carbocycles. The number of thiazole rings is 1. The number of aliphatic carboxylic acids is 2. The minimum Gasteiger partial charge on any atom is -0.546 e. The molecule has 0 bridgehead atoms. The molecule has 2 amide bonds. The van der Waals surface area contributed by atoms with E-state index in [1.165, 1.54) is 37.1 Å². The maximum atomic E-state index is 13.6. The van der Waals surface area contributed by atoms with Crippen molar-refractivity contribution in [2.45, 2.75) is 56.3 Å². The monoisotopic (exact) mass is 786 g/mol. The zero-order chi connectivity index (χ0) is 37.4. The predicted molar refractivity (Wildman–Crippen MR) is 182 cm³/mol. The van der Waals surface area contributed by atoms with Gasteiger partial charge in [-0.25, -0.2) is 4.98 Å². The number of nitrogens with one attached hydrogen (secondary N) is 1. The van der Waals surface area contributed by atoms with Crippen LogP contribution in [0, 0.1) is 5.92 Å². The number of nitrogens with zero attached hydrogens (tertiary/aromatic N) is 4. The van der Waals surface area contributed by atoms with Gasteiger partial charge in [0.1, 0.15) is 12.2 Å². The van der Waals surface area contributed by atoms with Gasteiger partial charge in [0.05, 0.1) is 60.1 Å². The maximum absolute atomic E-state index is 13.6. The van der Waals surface area contributed by atoms with Crippen LogP contribution in [0.5, 0.6) is 11.5 Å². The number of fused-ring (bicyclic) bond motifs is 1. The smallest absolute Gasteiger partial charge is 0.546 e. The molecule has 2 saturated heterocycles. The number of nitrogens with two attached hydrogens (primary N) is 1. The number of hydrogen-bond donors (Lipinski definition) is 4. The topological polar surface area (TPSA) is 248 Å². The molecule has 4 heterocycles. The van der Waals surface area contributed by atoms with Gasteiger partial charge in [0.25, 0.3) is 5.91 Å². The summed E-state index contributed by atoms with van der Waals surface area (Å²) in [6, 6.07) is 2.34. The summed E-state index contributed by atoms with van der Waals surface area (Å²) in [5.74, 6) is -6.87. The second kappa shape index (κ2) is 16.3. The molecule has 3 atom stereocenters. The maximum Gasteiger partial charge on any atom is 1.00 e. The SMILES string of the molecule is C[C@@H]1S[C@@H]2[C@H](CC(=O)/C(=N\OC(C)(C)C(=O)[O-])c3csc(N)n3)C(=O)N2C(C(=O)[O-])=C1C[N+]1(CCNC(=O)c2cc(O)c(O)c(Cl)c2)CCCC1.[Na+]. The molecule has 3 aliphatic heterocycles. The van der Waals surface area contributed by atoms with Crippen LogP contribution in [-0.2, 0) is 24.0 Å². The first-order valence-corrected chi connectivity index (χ1v) is 18.1.